The topological polar surface area (TPSA) is 69.6 Å². The summed E-state index contributed by atoms with van der Waals surface area (Å²) in [6.07, 6.45) is 3.08. The number of nitrogens with zero attached hydrogens (tertiary/aromatic N) is 5. The Bertz CT molecular complexity index is 1040. The number of hydrogen-bond acceptors (Lipinski definition) is 6. The van der Waals surface area contributed by atoms with Gasteiger partial charge < -0.3 is 8.98 Å². The fourth-order valence-electron chi connectivity index (χ4n) is 2.43. The number of aryl methyl sites for hydroxylation is 1. The number of rotatable bonds is 3. The van der Waals surface area contributed by atoms with Gasteiger partial charge in [0.05, 0.1) is 17.3 Å². The molecule has 0 radical (unpaired) electrons. The average Bonchev–Trinajstić information content (AvgIpc) is 3.14. The molecule has 0 amide bonds. The Hall–Kier alpha value is -2.74. The normalized spacial score (nSPS) is 11.3. The van der Waals surface area contributed by atoms with E-state index in [0.29, 0.717) is 26.9 Å². The van der Waals surface area contributed by atoms with Crippen molar-refractivity contribution in [3.8, 4) is 11.4 Å². The first-order chi connectivity index (χ1) is 11.6. The second-order valence-corrected chi connectivity index (χ2v) is 6.15. The number of halogens is 1. The Morgan fingerprint density at radius 1 is 1.17 bits per heavy atom. The average molecular weight is 341 g/mol. The van der Waals surface area contributed by atoms with E-state index in [1.54, 1.807) is 12.3 Å². The maximum Gasteiger partial charge on any atom is 0.197 e. The highest BCUT2D eigenvalue weighted by atomic mass is 32.2. The van der Waals surface area contributed by atoms with Crippen molar-refractivity contribution in [1.29, 1.82) is 0 Å². The van der Waals surface area contributed by atoms with E-state index >= 15 is 0 Å². The van der Waals surface area contributed by atoms with Crippen LogP contribution in [0.15, 0.2) is 51.5 Å². The van der Waals surface area contributed by atoms with Gasteiger partial charge in [0, 0.05) is 12.4 Å². The third kappa shape index (κ3) is 2.44. The molecule has 0 bridgehead atoms. The van der Waals surface area contributed by atoms with Gasteiger partial charge >= 0.3 is 0 Å². The molecule has 6 nitrogen and oxygen atoms in total. The van der Waals surface area contributed by atoms with Crippen molar-refractivity contribution in [3.63, 3.8) is 0 Å². The predicted octanol–water partition coefficient (Wildman–Crippen LogP) is 3.62. The maximum absolute atomic E-state index is 13.6. The van der Waals surface area contributed by atoms with Crippen LogP contribution in [0, 0.1) is 12.7 Å². The molecular formula is C16H12FN5OS. The van der Waals surface area contributed by atoms with Gasteiger partial charge in [0.1, 0.15) is 22.9 Å². The van der Waals surface area contributed by atoms with Crippen LogP contribution in [0.5, 0.6) is 0 Å². The second kappa shape index (κ2) is 5.72. The summed E-state index contributed by atoms with van der Waals surface area (Å²) in [7, 11) is 1.87. The molecular weight excluding hydrogens is 329 g/mol. The van der Waals surface area contributed by atoms with Crippen molar-refractivity contribution in [3.05, 3.63) is 48.4 Å². The lowest BCUT2D eigenvalue weighted by Crippen LogP contribution is -1.96. The van der Waals surface area contributed by atoms with E-state index < -0.39 is 0 Å². The third-order valence-electron chi connectivity index (χ3n) is 3.68. The molecule has 4 aromatic rings. The summed E-state index contributed by atoms with van der Waals surface area (Å²) < 4.78 is 20.7. The fourth-order valence-corrected chi connectivity index (χ4v) is 3.28. The lowest BCUT2D eigenvalue weighted by molar-refractivity contribution is 0.534. The largest absolute Gasteiger partial charge is 0.469 e. The van der Waals surface area contributed by atoms with Gasteiger partial charge in [-0.1, -0.05) is 0 Å². The monoisotopic (exact) mass is 341 g/mol. The molecule has 0 spiro atoms. The molecule has 4 rings (SSSR count). The van der Waals surface area contributed by atoms with Gasteiger partial charge in [0.2, 0.25) is 0 Å². The van der Waals surface area contributed by atoms with E-state index in [4.69, 9.17) is 4.42 Å². The first-order valence-electron chi connectivity index (χ1n) is 7.15. The number of aromatic nitrogens is 5. The summed E-state index contributed by atoms with van der Waals surface area (Å²) in [5.74, 6) is 1.15. The zero-order chi connectivity index (χ0) is 16.7. The van der Waals surface area contributed by atoms with Crippen LogP contribution in [0.2, 0.25) is 0 Å². The first-order valence-corrected chi connectivity index (χ1v) is 7.97. The van der Waals surface area contributed by atoms with E-state index in [0.717, 1.165) is 11.3 Å². The molecule has 0 saturated carbocycles. The second-order valence-electron chi connectivity index (χ2n) is 5.20. The molecule has 8 heteroatoms. The molecule has 3 heterocycles. The molecule has 0 N–H and O–H groups in total. The molecule has 0 aliphatic heterocycles. The summed E-state index contributed by atoms with van der Waals surface area (Å²) >= 11 is 1.32. The van der Waals surface area contributed by atoms with E-state index in [9.17, 15) is 4.39 Å². The Balaban J connectivity index is 1.76. The summed E-state index contributed by atoms with van der Waals surface area (Å²) in [5, 5.41) is 10.4. The minimum absolute atomic E-state index is 0.327. The molecule has 24 heavy (non-hydrogen) atoms. The molecule has 1 aromatic carbocycles. The van der Waals surface area contributed by atoms with Crippen LogP contribution < -0.4 is 0 Å². The van der Waals surface area contributed by atoms with E-state index in [1.165, 1.54) is 30.2 Å². The molecule has 120 valence electrons. The highest BCUT2D eigenvalue weighted by Crippen LogP contribution is 2.32. The lowest BCUT2D eigenvalue weighted by Gasteiger charge is -2.05. The molecule has 0 fully saturated rings. The predicted molar refractivity (Wildman–Crippen MR) is 87.1 cm³/mol. The summed E-state index contributed by atoms with van der Waals surface area (Å²) in [6.45, 7) is 1.87. The zero-order valence-corrected chi connectivity index (χ0v) is 13.7. The number of benzene rings is 1. The van der Waals surface area contributed by atoms with Crippen LogP contribution in [0.1, 0.15) is 5.76 Å². The van der Waals surface area contributed by atoms with Crippen molar-refractivity contribution in [2.45, 2.75) is 17.1 Å². The van der Waals surface area contributed by atoms with Crippen molar-refractivity contribution < 1.29 is 8.81 Å². The van der Waals surface area contributed by atoms with E-state index in [-0.39, 0.29) is 5.82 Å². The lowest BCUT2D eigenvalue weighted by atomic mass is 10.2. The van der Waals surface area contributed by atoms with Crippen molar-refractivity contribution in [1.82, 2.24) is 24.7 Å². The number of furan rings is 1. The molecule has 0 saturated heterocycles. The minimum atomic E-state index is -0.327. The Morgan fingerprint density at radius 3 is 2.83 bits per heavy atom. The highest BCUT2D eigenvalue weighted by Gasteiger charge is 2.17. The summed E-state index contributed by atoms with van der Waals surface area (Å²) in [5.41, 5.74) is 1.57. The van der Waals surface area contributed by atoms with E-state index in [1.807, 2.05) is 24.6 Å². The fraction of sp³-hybridized carbons (Fsp3) is 0.125. The van der Waals surface area contributed by atoms with Gasteiger partial charge in [-0.2, -0.15) is 0 Å². The Labute approximate surface area is 140 Å². The summed E-state index contributed by atoms with van der Waals surface area (Å²) in [4.78, 5) is 8.42. The molecule has 3 aromatic heterocycles. The quantitative estimate of drug-likeness (QED) is 0.530. The third-order valence-corrected chi connectivity index (χ3v) is 4.74. The van der Waals surface area contributed by atoms with Gasteiger partial charge in [0.15, 0.2) is 11.0 Å². The molecule has 0 aliphatic rings. The smallest absolute Gasteiger partial charge is 0.197 e. The van der Waals surface area contributed by atoms with Gasteiger partial charge in [0.25, 0.3) is 0 Å². The zero-order valence-electron chi connectivity index (χ0n) is 12.9. The van der Waals surface area contributed by atoms with Gasteiger partial charge in [-0.25, -0.2) is 14.4 Å². The van der Waals surface area contributed by atoms with Crippen LogP contribution in [-0.4, -0.2) is 24.7 Å². The summed E-state index contributed by atoms with van der Waals surface area (Å²) in [6, 6.07) is 6.29. The SMILES string of the molecule is Cc1occc1-c1nnc(Sc2ncnc3ccc(F)cc23)n1C. The van der Waals surface area contributed by atoms with Crippen LogP contribution in [0.4, 0.5) is 4.39 Å². The van der Waals surface area contributed by atoms with Crippen molar-refractivity contribution >= 4 is 22.7 Å². The van der Waals surface area contributed by atoms with Crippen LogP contribution in [-0.2, 0) is 7.05 Å². The Morgan fingerprint density at radius 2 is 2.04 bits per heavy atom. The van der Waals surface area contributed by atoms with Gasteiger partial charge in [-0.15, -0.1) is 10.2 Å². The van der Waals surface area contributed by atoms with Crippen LogP contribution in [0.3, 0.4) is 0 Å². The molecule has 0 unspecified atom stereocenters. The highest BCUT2D eigenvalue weighted by molar-refractivity contribution is 7.99. The van der Waals surface area contributed by atoms with Crippen molar-refractivity contribution in [2.24, 2.45) is 7.05 Å². The first kappa shape index (κ1) is 14.8. The van der Waals surface area contributed by atoms with Gasteiger partial charge in [-0.3, -0.25) is 0 Å². The molecule has 0 aliphatic carbocycles. The van der Waals surface area contributed by atoms with Crippen LogP contribution >= 0.6 is 11.8 Å². The standard InChI is InChI=1S/C16H12FN5OS/c1-9-11(5-6-23-9)14-20-21-16(22(14)2)24-15-12-7-10(17)3-4-13(12)18-8-19-15/h3-8H,1-2H3. The van der Waals surface area contributed by atoms with Crippen molar-refractivity contribution in [2.75, 3.05) is 0 Å². The molecule has 0 atom stereocenters. The van der Waals surface area contributed by atoms with E-state index in [2.05, 4.69) is 20.2 Å². The number of hydrogen-bond donors (Lipinski definition) is 0. The minimum Gasteiger partial charge on any atom is -0.469 e. The maximum atomic E-state index is 13.6. The van der Waals surface area contributed by atoms with Crippen LogP contribution in [0.25, 0.3) is 22.3 Å². The number of fused-ring (bicyclic) bond motifs is 1. The van der Waals surface area contributed by atoms with Gasteiger partial charge in [-0.05, 0) is 43.0 Å². The Kier molecular flexibility index (Phi) is 3.53.